The van der Waals surface area contributed by atoms with Crippen molar-refractivity contribution >= 4 is 43.2 Å². The second-order valence-corrected chi connectivity index (χ2v) is 7.65. The van der Waals surface area contributed by atoms with E-state index in [9.17, 15) is 0 Å². The molecule has 0 N–H and O–H groups in total. The molecule has 0 aromatic carbocycles. The Balaban J connectivity index is 2.96. The Morgan fingerprint density at radius 2 is 1.92 bits per heavy atom. The summed E-state index contributed by atoms with van der Waals surface area (Å²) < 4.78 is 1.25. The number of hydrogen-bond acceptors (Lipinski definition) is 1. The normalized spacial score (nSPS) is 14.6. The van der Waals surface area contributed by atoms with E-state index in [1.165, 1.54) is 14.2 Å². The highest BCUT2D eigenvalue weighted by molar-refractivity contribution is 9.11. The molecule has 1 aromatic rings. The van der Waals surface area contributed by atoms with E-state index in [0.29, 0.717) is 4.83 Å². The Morgan fingerprint density at radius 3 is 2.23 bits per heavy atom. The van der Waals surface area contributed by atoms with E-state index in [0.717, 1.165) is 0 Å². The average molecular weight is 326 g/mol. The molecule has 0 aliphatic heterocycles. The minimum absolute atomic E-state index is 0.275. The highest BCUT2D eigenvalue weighted by Crippen LogP contribution is 2.44. The number of aryl methyl sites for hydroxylation is 1. The molecule has 0 aliphatic carbocycles. The van der Waals surface area contributed by atoms with Crippen LogP contribution in [0.5, 0.6) is 0 Å². The first-order chi connectivity index (χ1) is 5.82. The van der Waals surface area contributed by atoms with Crippen molar-refractivity contribution < 1.29 is 0 Å². The molecule has 0 amide bonds. The summed E-state index contributed by atoms with van der Waals surface area (Å²) in [5.74, 6) is 0. The number of hydrogen-bond donors (Lipinski definition) is 0. The topological polar surface area (TPSA) is 0 Å². The van der Waals surface area contributed by atoms with Crippen molar-refractivity contribution in [3.8, 4) is 0 Å². The van der Waals surface area contributed by atoms with Crippen LogP contribution in [-0.4, -0.2) is 0 Å². The lowest BCUT2D eigenvalue weighted by atomic mass is 9.91. The first-order valence-corrected chi connectivity index (χ1v) is 6.75. The van der Waals surface area contributed by atoms with Gasteiger partial charge in [-0.2, -0.15) is 0 Å². The minimum Gasteiger partial charge on any atom is -0.132 e. The van der Waals surface area contributed by atoms with Gasteiger partial charge in [0.2, 0.25) is 0 Å². The van der Waals surface area contributed by atoms with Crippen LogP contribution in [0.1, 0.15) is 36.0 Å². The molecule has 13 heavy (non-hydrogen) atoms. The van der Waals surface area contributed by atoms with Gasteiger partial charge in [0.05, 0.1) is 8.61 Å². The summed E-state index contributed by atoms with van der Waals surface area (Å²) in [5, 5.41) is 0. The van der Waals surface area contributed by atoms with Crippen molar-refractivity contribution in [1.29, 1.82) is 0 Å². The summed E-state index contributed by atoms with van der Waals surface area (Å²) in [4.78, 5) is 1.84. The molecule has 1 aromatic heterocycles. The molecule has 0 nitrogen and oxygen atoms in total. The second kappa shape index (κ2) is 4.03. The molecule has 0 radical (unpaired) electrons. The van der Waals surface area contributed by atoms with Gasteiger partial charge < -0.3 is 0 Å². The van der Waals surface area contributed by atoms with E-state index in [-0.39, 0.29) is 5.41 Å². The fourth-order valence-corrected chi connectivity index (χ4v) is 3.24. The van der Waals surface area contributed by atoms with Crippen LogP contribution in [0.4, 0.5) is 0 Å². The maximum atomic E-state index is 3.74. The van der Waals surface area contributed by atoms with Gasteiger partial charge in [0, 0.05) is 4.88 Å². The third-order valence-corrected chi connectivity index (χ3v) is 6.26. The lowest BCUT2D eigenvalue weighted by Gasteiger charge is -2.24. The Hall–Kier alpha value is 0.660. The molecular weight excluding hydrogens is 312 g/mol. The molecule has 1 rings (SSSR count). The average Bonchev–Trinajstić information content (AvgIpc) is 2.29. The molecular formula is C10H14Br2S. The van der Waals surface area contributed by atoms with E-state index in [1.807, 2.05) is 11.3 Å². The van der Waals surface area contributed by atoms with Crippen LogP contribution >= 0.6 is 43.2 Å². The van der Waals surface area contributed by atoms with Crippen LogP contribution in [0, 0.1) is 12.3 Å². The fourth-order valence-electron chi connectivity index (χ4n) is 1.04. The quantitative estimate of drug-likeness (QED) is 0.614. The van der Waals surface area contributed by atoms with Gasteiger partial charge in [-0.1, -0.05) is 36.7 Å². The maximum absolute atomic E-state index is 3.74. The van der Waals surface area contributed by atoms with E-state index in [4.69, 9.17) is 0 Å². The van der Waals surface area contributed by atoms with Crippen LogP contribution in [0.15, 0.2) is 9.85 Å². The first kappa shape index (κ1) is 11.7. The number of halogens is 2. The SMILES string of the molecule is Cc1cc(C(Br)C(C)(C)C)sc1Br. The predicted octanol–water partition coefficient (Wildman–Crippen LogP) is 5.30. The minimum atomic E-state index is 0.275. The van der Waals surface area contributed by atoms with E-state index >= 15 is 0 Å². The fraction of sp³-hybridized carbons (Fsp3) is 0.600. The second-order valence-electron chi connectivity index (χ2n) is 4.33. The summed E-state index contributed by atoms with van der Waals surface area (Å²) in [6.07, 6.45) is 0. The standard InChI is InChI=1S/C10H14Br2S/c1-6-5-7(13-9(6)12)8(11)10(2,3)4/h5,8H,1-4H3. The summed E-state index contributed by atoms with van der Waals surface area (Å²) in [6.45, 7) is 8.87. The Kier molecular flexibility index (Phi) is 3.64. The smallest absolute Gasteiger partial charge is 0.0730 e. The maximum Gasteiger partial charge on any atom is 0.0730 e. The van der Waals surface area contributed by atoms with E-state index in [1.54, 1.807) is 0 Å². The molecule has 0 fully saturated rings. The third kappa shape index (κ3) is 2.80. The molecule has 0 bridgehead atoms. The highest BCUT2D eigenvalue weighted by Gasteiger charge is 2.25. The largest absolute Gasteiger partial charge is 0.132 e. The van der Waals surface area contributed by atoms with Crippen LogP contribution in [0.25, 0.3) is 0 Å². The van der Waals surface area contributed by atoms with Gasteiger partial charge >= 0.3 is 0 Å². The molecule has 0 aliphatic rings. The van der Waals surface area contributed by atoms with Crippen LogP contribution in [0.2, 0.25) is 0 Å². The molecule has 1 heterocycles. The van der Waals surface area contributed by atoms with E-state index < -0.39 is 0 Å². The summed E-state index contributed by atoms with van der Waals surface area (Å²) in [5.41, 5.74) is 1.60. The Morgan fingerprint density at radius 1 is 1.38 bits per heavy atom. The first-order valence-electron chi connectivity index (χ1n) is 4.22. The van der Waals surface area contributed by atoms with Gasteiger partial charge in [0.25, 0.3) is 0 Å². The van der Waals surface area contributed by atoms with Crippen LogP contribution < -0.4 is 0 Å². The molecule has 74 valence electrons. The Labute approximate surface area is 101 Å². The third-order valence-electron chi connectivity index (χ3n) is 1.89. The number of thiophene rings is 1. The number of rotatable bonds is 1. The highest BCUT2D eigenvalue weighted by atomic mass is 79.9. The zero-order valence-corrected chi connectivity index (χ0v) is 12.3. The van der Waals surface area contributed by atoms with Crippen molar-refractivity contribution in [3.63, 3.8) is 0 Å². The van der Waals surface area contributed by atoms with Gasteiger partial charge in [-0.05, 0) is 39.9 Å². The molecule has 0 spiro atoms. The van der Waals surface area contributed by atoms with Crippen molar-refractivity contribution in [1.82, 2.24) is 0 Å². The van der Waals surface area contributed by atoms with Crippen LogP contribution in [-0.2, 0) is 0 Å². The summed E-state index contributed by atoms with van der Waals surface area (Å²) in [7, 11) is 0. The number of alkyl halides is 1. The summed E-state index contributed by atoms with van der Waals surface area (Å²) in [6, 6.07) is 2.25. The zero-order chi connectivity index (χ0) is 10.2. The van der Waals surface area contributed by atoms with Crippen molar-refractivity contribution in [2.45, 2.75) is 32.5 Å². The van der Waals surface area contributed by atoms with Gasteiger partial charge in [-0.3, -0.25) is 0 Å². The Bertz CT molecular complexity index is 277. The lowest BCUT2D eigenvalue weighted by molar-refractivity contribution is 0.410. The van der Waals surface area contributed by atoms with E-state index in [2.05, 4.69) is 65.6 Å². The van der Waals surface area contributed by atoms with Crippen molar-refractivity contribution in [2.75, 3.05) is 0 Å². The lowest BCUT2D eigenvalue weighted by Crippen LogP contribution is -2.11. The van der Waals surface area contributed by atoms with Gasteiger partial charge in [-0.25, -0.2) is 0 Å². The van der Waals surface area contributed by atoms with Crippen molar-refractivity contribution in [2.24, 2.45) is 5.41 Å². The molecule has 1 unspecified atom stereocenters. The van der Waals surface area contributed by atoms with Gasteiger partial charge in [-0.15, -0.1) is 11.3 Å². The predicted molar refractivity (Wildman–Crippen MR) is 67.9 cm³/mol. The molecule has 1 atom stereocenters. The van der Waals surface area contributed by atoms with Crippen molar-refractivity contribution in [3.05, 3.63) is 20.3 Å². The summed E-state index contributed by atoms with van der Waals surface area (Å²) >= 11 is 9.11. The molecule has 0 saturated carbocycles. The molecule has 3 heteroatoms. The zero-order valence-electron chi connectivity index (χ0n) is 8.32. The molecule has 0 saturated heterocycles. The monoisotopic (exact) mass is 324 g/mol. The van der Waals surface area contributed by atoms with Gasteiger partial charge in [0.15, 0.2) is 0 Å². The van der Waals surface area contributed by atoms with Crippen LogP contribution in [0.3, 0.4) is 0 Å². The van der Waals surface area contributed by atoms with Gasteiger partial charge in [0.1, 0.15) is 0 Å².